The third kappa shape index (κ3) is 4.35. The molecule has 0 radical (unpaired) electrons. The Bertz CT molecular complexity index is 739. The summed E-state index contributed by atoms with van der Waals surface area (Å²) in [6.07, 6.45) is 2.81. The third-order valence-corrected chi connectivity index (χ3v) is 2.88. The average Bonchev–Trinajstić information content (AvgIpc) is 2.45. The summed E-state index contributed by atoms with van der Waals surface area (Å²) in [4.78, 5) is 26.5. The van der Waals surface area contributed by atoms with Crippen molar-refractivity contribution in [1.82, 2.24) is 4.98 Å². The van der Waals surface area contributed by atoms with E-state index in [-0.39, 0.29) is 11.3 Å². The van der Waals surface area contributed by atoms with Crippen molar-refractivity contribution in [3.05, 3.63) is 48.0 Å². The number of hydrogen-bond acceptors (Lipinski definition) is 4. The third-order valence-electron chi connectivity index (χ3n) is 2.88. The minimum atomic E-state index is -0.665. The lowest BCUT2D eigenvalue weighted by Crippen LogP contribution is -2.27. The van der Waals surface area contributed by atoms with E-state index < -0.39 is 17.5 Å². The van der Waals surface area contributed by atoms with E-state index in [2.05, 4.69) is 10.3 Å². The van der Waals surface area contributed by atoms with Crippen LogP contribution in [0.25, 0.3) is 11.1 Å². The number of pyridine rings is 1. The predicted octanol–water partition coefficient (Wildman–Crippen LogP) is 4.05. The second-order valence-electron chi connectivity index (χ2n) is 5.90. The highest BCUT2D eigenvalue weighted by molar-refractivity contribution is 5.89. The van der Waals surface area contributed by atoms with Gasteiger partial charge >= 0.3 is 6.09 Å². The van der Waals surface area contributed by atoms with Crippen LogP contribution in [0.5, 0.6) is 0 Å². The van der Waals surface area contributed by atoms with Gasteiger partial charge in [-0.1, -0.05) is 0 Å². The van der Waals surface area contributed by atoms with Crippen molar-refractivity contribution in [2.75, 3.05) is 5.32 Å². The number of nitrogens with one attached hydrogen (secondary N) is 1. The molecule has 120 valence electrons. The molecule has 23 heavy (non-hydrogen) atoms. The summed E-state index contributed by atoms with van der Waals surface area (Å²) in [6.45, 7) is 5.21. The van der Waals surface area contributed by atoms with Crippen molar-refractivity contribution in [3.8, 4) is 11.1 Å². The van der Waals surface area contributed by atoms with E-state index in [1.807, 2.05) is 0 Å². The molecule has 0 spiro atoms. The maximum Gasteiger partial charge on any atom is 0.412 e. The quantitative estimate of drug-likeness (QED) is 0.867. The van der Waals surface area contributed by atoms with E-state index in [0.717, 1.165) is 0 Å². The van der Waals surface area contributed by atoms with Crippen LogP contribution < -0.4 is 5.32 Å². The molecule has 0 aliphatic rings. The molecule has 2 aromatic rings. The summed E-state index contributed by atoms with van der Waals surface area (Å²) in [6, 6.07) is 5.76. The lowest BCUT2D eigenvalue weighted by molar-refractivity contribution is 0.0636. The highest BCUT2D eigenvalue weighted by Gasteiger charge is 2.17. The van der Waals surface area contributed by atoms with Gasteiger partial charge in [-0.25, -0.2) is 9.18 Å². The smallest absolute Gasteiger partial charge is 0.412 e. The van der Waals surface area contributed by atoms with Crippen molar-refractivity contribution >= 4 is 18.1 Å². The zero-order valence-corrected chi connectivity index (χ0v) is 13.1. The molecule has 1 heterocycles. The van der Waals surface area contributed by atoms with Crippen molar-refractivity contribution in [2.24, 2.45) is 0 Å². The minimum absolute atomic E-state index is 0.254. The van der Waals surface area contributed by atoms with Gasteiger partial charge in [0.05, 0.1) is 0 Å². The van der Waals surface area contributed by atoms with Crippen LogP contribution in [0.4, 0.5) is 14.9 Å². The Morgan fingerprint density at radius 1 is 1.26 bits per heavy atom. The molecule has 1 N–H and O–H groups in total. The lowest BCUT2D eigenvalue weighted by Gasteiger charge is -2.19. The largest absolute Gasteiger partial charge is 0.444 e. The Kier molecular flexibility index (Phi) is 4.74. The molecule has 0 aliphatic carbocycles. The molecular weight excluding hydrogens is 299 g/mol. The number of anilines is 1. The van der Waals surface area contributed by atoms with Crippen molar-refractivity contribution in [1.29, 1.82) is 0 Å². The van der Waals surface area contributed by atoms with Gasteiger partial charge in [-0.15, -0.1) is 0 Å². The zero-order valence-electron chi connectivity index (χ0n) is 13.1. The van der Waals surface area contributed by atoms with Crippen LogP contribution >= 0.6 is 0 Å². The topological polar surface area (TPSA) is 68.3 Å². The lowest BCUT2D eigenvalue weighted by atomic mass is 10.0. The Labute approximate surface area is 133 Å². The normalized spacial score (nSPS) is 11.0. The maximum atomic E-state index is 14.3. The molecule has 1 amide bonds. The summed E-state index contributed by atoms with van der Waals surface area (Å²) in [5.41, 5.74) is 0.611. The Morgan fingerprint density at radius 3 is 2.61 bits per heavy atom. The first-order valence-corrected chi connectivity index (χ1v) is 6.99. The summed E-state index contributed by atoms with van der Waals surface area (Å²) < 4.78 is 19.4. The number of carbonyl (C=O) groups excluding carboxylic acids is 2. The number of amides is 1. The fourth-order valence-electron chi connectivity index (χ4n) is 1.98. The van der Waals surface area contributed by atoms with E-state index >= 15 is 0 Å². The summed E-state index contributed by atoms with van der Waals surface area (Å²) in [7, 11) is 0. The Hall–Kier alpha value is -2.76. The highest BCUT2D eigenvalue weighted by Crippen LogP contribution is 2.27. The van der Waals surface area contributed by atoms with Gasteiger partial charge < -0.3 is 4.74 Å². The van der Waals surface area contributed by atoms with Gasteiger partial charge in [0.15, 0.2) is 6.29 Å². The monoisotopic (exact) mass is 316 g/mol. The van der Waals surface area contributed by atoms with Gasteiger partial charge in [-0.2, -0.15) is 0 Å². The second-order valence-corrected chi connectivity index (χ2v) is 5.90. The van der Waals surface area contributed by atoms with E-state index in [1.54, 1.807) is 26.8 Å². The van der Waals surface area contributed by atoms with Gasteiger partial charge in [0, 0.05) is 29.2 Å². The SMILES string of the molecule is CC(C)(C)OC(=O)Nc1ccc(-c2ccncc2C=O)c(F)c1. The number of halogens is 1. The molecule has 1 aromatic carbocycles. The zero-order chi connectivity index (χ0) is 17.0. The van der Waals surface area contributed by atoms with E-state index in [9.17, 15) is 14.0 Å². The molecule has 6 heteroatoms. The van der Waals surface area contributed by atoms with Crippen LogP contribution in [0.15, 0.2) is 36.7 Å². The van der Waals surface area contributed by atoms with Crippen LogP contribution in [0.1, 0.15) is 31.1 Å². The fraction of sp³-hybridized carbons (Fsp3) is 0.235. The number of carbonyl (C=O) groups is 2. The maximum absolute atomic E-state index is 14.3. The number of aromatic nitrogens is 1. The molecule has 1 aromatic heterocycles. The van der Waals surface area contributed by atoms with Gasteiger partial charge in [-0.05, 0) is 50.6 Å². The summed E-state index contributed by atoms with van der Waals surface area (Å²) >= 11 is 0. The van der Waals surface area contributed by atoms with Gasteiger partial charge in [0.2, 0.25) is 0 Å². The highest BCUT2D eigenvalue weighted by atomic mass is 19.1. The fourth-order valence-corrected chi connectivity index (χ4v) is 1.98. The Balaban J connectivity index is 2.25. The molecular formula is C17H17FN2O3. The number of benzene rings is 1. The van der Waals surface area contributed by atoms with E-state index in [1.165, 1.54) is 30.6 Å². The summed E-state index contributed by atoms with van der Waals surface area (Å²) in [5, 5.41) is 2.46. The van der Waals surface area contributed by atoms with Crippen LogP contribution in [0, 0.1) is 5.82 Å². The number of ether oxygens (including phenoxy) is 1. The van der Waals surface area contributed by atoms with Gasteiger partial charge in [-0.3, -0.25) is 15.1 Å². The first kappa shape index (κ1) is 16.6. The first-order chi connectivity index (χ1) is 10.8. The van der Waals surface area contributed by atoms with Crippen LogP contribution in [-0.2, 0) is 4.74 Å². The molecule has 0 unspecified atom stereocenters. The molecule has 0 bridgehead atoms. The summed E-state index contributed by atoms with van der Waals surface area (Å²) in [5.74, 6) is -0.562. The first-order valence-electron chi connectivity index (χ1n) is 6.99. The Morgan fingerprint density at radius 2 is 2.00 bits per heavy atom. The molecule has 0 saturated heterocycles. The predicted molar refractivity (Wildman–Crippen MR) is 84.9 cm³/mol. The number of aldehydes is 1. The van der Waals surface area contributed by atoms with Gasteiger partial charge in [0.25, 0.3) is 0 Å². The molecule has 0 fully saturated rings. The standard InChI is InChI=1S/C17H17FN2O3/c1-17(2,3)23-16(22)20-12-4-5-14(15(18)8-12)13-6-7-19-9-11(13)10-21/h4-10H,1-3H3,(H,20,22). The van der Waals surface area contributed by atoms with Gasteiger partial charge in [0.1, 0.15) is 11.4 Å². The minimum Gasteiger partial charge on any atom is -0.444 e. The van der Waals surface area contributed by atoms with Crippen LogP contribution in [0.3, 0.4) is 0 Å². The van der Waals surface area contributed by atoms with Crippen molar-refractivity contribution < 1.29 is 18.7 Å². The van der Waals surface area contributed by atoms with Crippen molar-refractivity contribution in [3.63, 3.8) is 0 Å². The van der Waals surface area contributed by atoms with E-state index in [4.69, 9.17) is 4.74 Å². The van der Waals surface area contributed by atoms with E-state index in [0.29, 0.717) is 17.4 Å². The van der Waals surface area contributed by atoms with Crippen molar-refractivity contribution in [2.45, 2.75) is 26.4 Å². The van der Waals surface area contributed by atoms with Crippen LogP contribution in [-0.4, -0.2) is 23.0 Å². The molecule has 2 rings (SSSR count). The number of hydrogen-bond donors (Lipinski definition) is 1. The molecule has 0 aliphatic heterocycles. The molecule has 0 atom stereocenters. The number of rotatable bonds is 3. The average molecular weight is 316 g/mol. The second kappa shape index (κ2) is 6.56. The molecule has 5 nitrogen and oxygen atoms in total. The molecule has 0 saturated carbocycles. The number of nitrogens with zero attached hydrogens (tertiary/aromatic N) is 1. The van der Waals surface area contributed by atoms with Crippen LogP contribution in [0.2, 0.25) is 0 Å².